The number of ether oxygens (including phenoxy) is 1. The van der Waals surface area contributed by atoms with Crippen molar-refractivity contribution in [1.82, 2.24) is 15.5 Å². The normalized spacial score (nSPS) is 13.7. The van der Waals surface area contributed by atoms with E-state index in [0.717, 1.165) is 44.9 Å². The van der Waals surface area contributed by atoms with Gasteiger partial charge in [0.15, 0.2) is 0 Å². The maximum Gasteiger partial charge on any atom is 0.408 e. The molecule has 1 rings (SSSR count). The Kier molecular flexibility index (Phi) is 14.9. The molecule has 3 amide bonds. The molecule has 9 heteroatoms. The summed E-state index contributed by atoms with van der Waals surface area (Å²) in [7, 11) is 0. The lowest BCUT2D eigenvalue weighted by molar-refractivity contribution is -0.143. The molecule has 9 nitrogen and oxygen atoms in total. The van der Waals surface area contributed by atoms with Crippen LogP contribution >= 0.6 is 0 Å². The summed E-state index contributed by atoms with van der Waals surface area (Å²) >= 11 is 0. The molecule has 0 spiro atoms. The summed E-state index contributed by atoms with van der Waals surface area (Å²) in [5.41, 5.74) is 0.0743. The van der Waals surface area contributed by atoms with E-state index in [1.807, 2.05) is 13.8 Å². The Hall–Kier alpha value is -2.81. The number of aliphatic hydroxyl groups excluding tert-OH is 1. The molecule has 0 fully saturated rings. The minimum absolute atomic E-state index is 0.0674. The molecule has 1 aromatic carbocycles. The van der Waals surface area contributed by atoms with E-state index in [1.165, 1.54) is 4.90 Å². The van der Waals surface area contributed by atoms with Gasteiger partial charge in [-0.15, -0.1) is 0 Å². The zero-order valence-electron chi connectivity index (χ0n) is 25.0. The molecule has 39 heavy (non-hydrogen) atoms. The molecular formula is C30H51N3O6. The number of para-hydroxylation sites is 1. The number of aliphatic hydroxyl groups is 1. The van der Waals surface area contributed by atoms with Crippen molar-refractivity contribution in [2.75, 3.05) is 13.2 Å². The fourth-order valence-corrected chi connectivity index (χ4v) is 4.44. The van der Waals surface area contributed by atoms with Crippen LogP contribution in [0.3, 0.4) is 0 Å². The van der Waals surface area contributed by atoms with Crippen molar-refractivity contribution < 1.29 is 29.3 Å². The van der Waals surface area contributed by atoms with E-state index >= 15 is 0 Å². The number of carbonyl (C=O) groups excluding carboxylic acids is 3. The smallest absolute Gasteiger partial charge is 0.408 e. The summed E-state index contributed by atoms with van der Waals surface area (Å²) in [4.78, 5) is 41.5. The first-order valence-corrected chi connectivity index (χ1v) is 14.4. The lowest BCUT2D eigenvalue weighted by Crippen LogP contribution is -2.55. The van der Waals surface area contributed by atoms with Gasteiger partial charge in [-0.3, -0.25) is 9.59 Å². The highest BCUT2D eigenvalue weighted by atomic mass is 16.6. The minimum atomic E-state index is -1.32. The van der Waals surface area contributed by atoms with E-state index < -0.39 is 42.2 Å². The zero-order chi connectivity index (χ0) is 29.6. The molecule has 0 aromatic heterocycles. The number of rotatable bonds is 16. The molecule has 0 aliphatic heterocycles. The lowest BCUT2D eigenvalue weighted by atomic mass is 9.98. The molecule has 4 N–H and O–H groups in total. The third-order valence-electron chi connectivity index (χ3n) is 6.44. The predicted molar refractivity (Wildman–Crippen MR) is 153 cm³/mol. The number of nitrogens with one attached hydrogen (secondary N) is 2. The van der Waals surface area contributed by atoms with Crippen LogP contribution in [0.5, 0.6) is 5.75 Å². The van der Waals surface area contributed by atoms with Gasteiger partial charge in [-0.2, -0.15) is 0 Å². The third-order valence-corrected chi connectivity index (χ3v) is 6.44. The maximum absolute atomic E-state index is 13.9. The van der Waals surface area contributed by atoms with Gasteiger partial charge in [-0.25, -0.2) is 4.79 Å². The Bertz CT molecular complexity index is 914. The number of carbonyl (C=O) groups is 3. The van der Waals surface area contributed by atoms with Crippen LogP contribution in [0.1, 0.15) is 110 Å². The lowest BCUT2D eigenvalue weighted by Gasteiger charge is -2.35. The van der Waals surface area contributed by atoms with E-state index in [-0.39, 0.29) is 18.3 Å². The van der Waals surface area contributed by atoms with Crippen molar-refractivity contribution in [3.63, 3.8) is 0 Å². The van der Waals surface area contributed by atoms with Crippen molar-refractivity contribution in [1.29, 1.82) is 0 Å². The molecule has 0 saturated carbocycles. The first-order chi connectivity index (χ1) is 18.4. The fourth-order valence-electron chi connectivity index (χ4n) is 4.44. The van der Waals surface area contributed by atoms with Crippen LogP contribution in [0.15, 0.2) is 18.2 Å². The maximum atomic E-state index is 13.9. The summed E-state index contributed by atoms with van der Waals surface area (Å²) in [5.74, 6) is -1.12. The number of amides is 3. The molecule has 0 saturated heterocycles. The number of aromatic hydroxyl groups is 1. The Labute approximate surface area is 234 Å². The highest BCUT2D eigenvalue weighted by molar-refractivity contribution is 5.92. The van der Waals surface area contributed by atoms with Gasteiger partial charge >= 0.3 is 6.09 Å². The first kappa shape index (κ1) is 34.2. The van der Waals surface area contributed by atoms with Gasteiger partial charge < -0.3 is 30.5 Å². The molecule has 1 aromatic rings. The Morgan fingerprint density at radius 1 is 1.00 bits per heavy atom. The van der Waals surface area contributed by atoms with Crippen molar-refractivity contribution in [2.24, 2.45) is 0 Å². The van der Waals surface area contributed by atoms with Crippen LogP contribution in [-0.4, -0.2) is 63.9 Å². The predicted octanol–water partition coefficient (Wildman–Crippen LogP) is 5.12. The number of hydrogen-bond acceptors (Lipinski definition) is 6. The highest BCUT2D eigenvalue weighted by Gasteiger charge is 2.37. The van der Waals surface area contributed by atoms with Crippen molar-refractivity contribution >= 4 is 17.9 Å². The quantitative estimate of drug-likeness (QED) is 0.212. The van der Waals surface area contributed by atoms with Crippen LogP contribution in [0.4, 0.5) is 4.79 Å². The van der Waals surface area contributed by atoms with Gasteiger partial charge in [0, 0.05) is 18.2 Å². The summed E-state index contributed by atoms with van der Waals surface area (Å²) in [5, 5.41) is 26.5. The first-order valence-electron chi connectivity index (χ1n) is 14.4. The van der Waals surface area contributed by atoms with Crippen molar-refractivity contribution in [3.8, 4) is 5.75 Å². The van der Waals surface area contributed by atoms with Gasteiger partial charge in [0.1, 0.15) is 23.4 Å². The summed E-state index contributed by atoms with van der Waals surface area (Å²) < 4.78 is 5.29. The van der Waals surface area contributed by atoms with Gasteiger partial charge in [-0.1, -0.05) is 70.6 Å². The molecule has 0 aliphatic carbocycles. The minimum Gasteiger partial charge on any atom is -0.507 e. The van der Waals surface area contributed by atoms with Crippen LogP contribution in [0.25, 0.3) is 0 Å². The van der Waals surface area contributed by atoms with Crippen LogP contribution < -0.4 is 10.6 Å². The van der Waals surface area contributed by atoms with Crippen molar-refractivity contribution in [3.05, 3.63) is 29.3 Å². The number of benzene rings is 1. The van der Waals surface area contributed by atoms with Crippen molar-refractivity contribution in [2.45, 2.75) is 124 Å². The molecule has 0 heterocycles. The molecule has 0 aliphatic rings. The van der Waals surface area contributed by atoms with E-state index in [4.69, 9.17) is 4.74 Å². The number of phenolic OH excluding ortho intramolecular Hbond substituents is 1. The van der Waals surface area contributed by atoms with E-state index in [9.17, 15) is 24.6 Å². The summed E-state index contributed by atoms with van der Waals surface area (Å²) in [6.07, 6.45) is 6.59. The average molecular weight is 550 g/mol. The largest absolute Gasteiger partial charge is 0.507 e. The van der Waals surface area contributed by atoms with Gasteiger partial charge in [0.25, 0.3) is 0 Å². The van der Waals surface area contributed by atoms with Gasteiger partial charge in [0.2, 0.25) is 11.8 Å². The molecule has 0 radical (unpaired) electrons. The molecular weight excluding hydrogens is 498 g/mol. The van der Waals surface area contributed by atoms with E-state index in [2.05, 4.69) is 17.6 Å². The summed E-state index contributed by atoms with van der Waals surface area (Å²) in [6.45, 7) is 12.4. The van der Waals surface area contributed by atoms with E-state index in [1.54, 1.807) is 45.9 Å². The topological polar surface area (TPSA) is 128 Å². The zero-order valence-corrected chi connectivity index (χ0v) is 25.0. The number of nitrogens with zero attached hydrogens (tertiary/aromatic N) is 1. The SMILES string of the molecule is CCCCCCCCN(C(=O)C(CO)NC(=O)OC(C)(C)C)C(C(=O)NC(C)CCC)c1cccc(C)c1O. The second-order valence-electron chi connectivity index (χ2n) is 11.3. The summed E-state index contributed by atoms with van der Waals surface area (Å²) in [6, 6.07) is 2.48. The Balaban J connectivity index is 3.44. The second kappa shape index (κ2) is 17.0. The molecule has 3 unspecified atom stereocenters. The average Bonchev–Trinajstić information content (AvgIpc) is 2.84. The molecule has 3 atom stereocenters. The highest BCUT2D eigenvalue weighted by Crippen LogP contribution is 2.32. The molecule has 0 bridgehead atoms. The second-order valence-corrected chi connectivity index (χ2v) is 11.3. The van der Waals surface area contributed by atoms with Crippen LogP contribution in [0, 0.1) is 6.92 Å². The van der Waals surface area contributed by atoms with Gasteiger partial charge in [-0.05, 0) is 53.0 Å². The number of phenols is 1. The number of unbranched alkanes of at least 4 members (excludes halogenated alkanes) is 5. The van der Waals surface area contributed by atoms with E-state index in [0.29, 0.717) is 17.5 Å². The van der Waals surface area contributed by atoms with Crippen LogP contribution in [0.2, 0.25) is 0 Å². The number of hydrogen-bond donors (Lipinski definition) is 4. The fraction of sp³-hybridized carbons (Fsp3) is 0.700. The Morgan fingerprint density at radius 3 is 2.23 bits per heavy atom. The van der Waals surface area contributed by atoms with Gasteiger partial charge in [0.05, 0.1) is 6.61 Å². The molecule has 222 valence electrons. The third kappa shape index (κ3) is 11.9. The Morgan fingerprint density at radius 2 is 1.64 bits per heavy atom. The number of aryl methyl sites for hydroxylation is 1. The monoisotopic (exact) mass is 549 g/mol. The standard InChI is InChI=1S/C30H51N3O6/c1-8-10-11-12-13-14-19-33(28(37)24(20-34)32-29(38)39-30(5,6)7)25(27(36)31-22(4)16-9-2)23-18-15-17-21(3)26(23)35/h15,17-18,22,24-25,34-35H,8-14,16,19-20H2,1-7H3,(H,31,36)(H,32,38). The number of alkyl carbamates (subject to hydrolysis) is 1. The van der Waals surface area contributed by atoms with Crippen LogP contribution in [-0.2, 0) is 14.3 Å².